The van der Waals surface area contributed by atoms with Crippen LogP contribution in [0, 0.1) is 6.92 Å². The molecule has 5 nitrogen and oxygen atoms in total. The molecule has 0 radical (unpaired) electrons. The van der Waals surface area contributed by atoms with E-state index in [0.29, 0.717) is 6.54 Å². The number of aryl methyl sites for hydroxylation is 1. The van der Waals surface area contributed by atoms with Crippen molar-refractivity contribution < 1.29 is 15.0 Å². The number of aromatic nitrogens is 1. The molecule has 0 saturated heterocycles. The first-order chi connectivity index (χ1) is 9.97. The van der Waals surface area contributed by atoms with E-state index in [1.807, 2.05) is 26.2 Å². The van der Waals surface area contributed by atoms with E-state index in [2.05, 4.69) is 9.88 Å². The Morgan fingerprint density at radius 1 is 1.29 bits per heavy atom. The average Bonchev–Trinajstić information content (AvgIpc) is 2.43. The molecular weight excluding hydrogens is 268 g/mol. The van der Waals surface area contributed by atoms with Crippen LogP contribution in [-0.4, -0.2) is 33.1 Å². The molecule has 0 spiro atoms. The zero-order valence-electron chi connectivity index (χ0n) is 12.1. The van der Waals surface area contributed by atoms with E-state index in [1.165, 1.54) is 17.7 Å². The van der Waals surface area contributed by atoms with Crippen LogP contribution in [0.4, 0.5) is 0 Å². The largest absolute Gasteiger partial charge is 0.507 e. The third-order valence-corrected chi connectivity index (χ3v) is 3.32. The Kier molecular flexibility index (Phi) is 4.55. The first kappa shape index (κ1) is 15.0. The Hall–Kier alpha value is -2.40. The number of carboxylic acids is 1. The van der Waals surface area contributed by atoms with Crippen LogP contribution in [0.5, 0.6) is 5.75 Å². The van der Waals surface area contributed by atoms with Gasteiger partial charge in [0.1, 0.15) is 11.3 Å². The van der Waals surface area contributed by atoms with Gasteiger partial charge in [0, 0.05) is 25.5 Å². The van der Waals surface area contributed by atoms with Crippen LogP contribution in [0.1, 0.15) is 27.0 Å². The Morgan fingerprint density at radius 2 is 2.05 bits per heavy atom. The van der Waals surface area contributed by atoms with E-state index in [4.69, 9.17) is 5.11 Å². The van der Waals surface area contributed by atoms with Gasteiger partial charge >= 0.3 is 5.97 Å². The van der Waals surface area contributed by atoms with Gasteiger partial charge < -0.3 is 10.2 Å². The zero-order valence-corrected chi connectivity index (χ0v) is 12.1. The molecule has 0 fully saturated rings. The molecule has 0 aliphatic rings. The molecule has 0 saturated carbocycles. The van der Waals surface area contributed by atoms with E-state index in [9.17, 15) is 9.90 Å². The fourth-order valence-electron chi connectivity index (χ4n) is 2.19. The number of aromatic hydroxyl groups is 1. The average molecular weight is 286 g/mol. The lowest BCUT2D eigenvalue weighted by molar-refractivity contribution is 0.0693. The van der Waals surface area contributed by atoms with Gasteiger partial charge in [-0.15, -0.1) is 0 Å². The topological polar surface area (TPSA) is 73.7 Å². The molecule has 0 unspecified atom stereocenters. The third kappa shape index (κ3) is 3.79. The molecular formula is C16H18N2O3. The number of carbonyl (C=O) groups is 1. The molecule has 5 heteroatoms. The number of rotatable bonds is 5. The molecule has 0 amide bonds. The van der Waals surface area contributed by atoms with Crippen molar-refractivity contribution in [2.45, 2.75) is 20.0 Å². The highest BCUT2D eigenvalue weighted by atomic mass is 16.4. The van der Waals surface area contributed by atoms with Crippen LogP contribution in [-0.2, 0) is 13.1 Å². The quantitative estimate of drug-likeness (QED) is 0.883. The molecule has 0 bridgehead atoms. The lowest BCUT2D eigenvalue weighted by atomic mass is 10.1. The van der Waals surface area contributed by atoms with Crippen molar-refractivity contribution in [2.24, 2.45) is 0 Å². The first-order valence-electron chi connectivity index (χ1n) is 6.60. The van der Waals surface area contributed by atoms with Crippen LogP contribution in [0.25, 0.3) is 0 Å². The third-order valence-electron chi connectivity index (χ3n) is 3.32. The van der Waals surface area contributed by atoms with Crippen LogP contribution in [0.3, 0.4) is 0 Å². The highest BCUT2D eigenvalue weighted by Gasteiger charge is 2.11. The van der Waals surface area contributed by atoms with Gasteiger partial charge in [-0.2, -0.15) is 0 Å². The first-order valence-corrected chi connectivity index (χ1v) is 6.60. The normalized spacial score (nSPS) is 10.8. The summed E-state index contributed by atoms with van der Waals surface area (Å²) in [4.78, 5) is 17.2. The number of hydrogen-bond donors (Lipinski definition) is 2. The van der Waals surface area contributed by atoms with Crippen LogP contribution in [0.2, 0.25) is 0 Å². The summed E-state index contributed by atoms with van der Waals surface area (Å²) >= 11 is 0. The van der Waals surface area contributed by atoms with Gasteiger partial charge in [0.2, 0.25) is 0 Å². The smallest absolute Gasteiger partial charge is 0.339 e. The van der Waals surface area contributed by atoms with E-state index < -0.39 is 5.97 Å². The molecule has 0 aliphatic carbocycles. The number of benzene rings is 1. The number of aromatic carboxylic acids is 1. The second-order valence-electron chi connectivity index (χ2n) is 5.13. The SMILES string of the molecule is Cc1cnccc1CN(C)Cc1ccc(O)c(C(=O)O)c1. The summed E-state index contributed by atoms with van der Waals surface area (Å²) < 4.78 is 0. The van der Waals surface area contributed by atoms with Crippen molar-refractivity contribution in [1.82, 2.24) is 9.88 Å². The van der Waals surface area contributed by atoms with Gasteiger partial charge in [-0.1, -0.05) is 6.07 Å². The number of nitrogens with zero attached hydrogens (tertiary/aromatic N) is 2. The summed E-state index contributed by atoms with van der Waals surface area (Å²) in [5.74, 6) is -1.33. The van der Waals surface area contributed by atoms with Crippen molar-refractivity contribution in [3.05, 3.63) is 58.9 Å². The Balaban J connectivity index is 2.09. The maximum absolute atomic E-state index is 11.0. The summed E-state index contributed by atoms with van der Waals surface area (Å²) in [6.07, 6.45) is 3.59. The Morgan fingerprint density at radius 3 is 2.71 bits per heavy atom. The zero-order chi connectivity index (χ0) is 15.4. The van der Waals surface area contributed by atoms with Crippen LogP contribution < -0.4 is 0 Å². The highest BCUT2D eigenvalue weighted by molar-refractivity contribution is 5.90. The van der Waals surface area contributed by atoms with Gasteiger partial charge in [-0.3, -0.25) is 9.88 Å². The van der Waals surface area contributed by atoms with Crippen LogP contribution >= 0.6 is 0 Å². The lowest BCUT2D eigenvalue weighted by Gasteiger charge is -2.18. The number of phenols is 1. The van der Waals surface area contributed by atoms with Gasteiger partial charge in [-0.25, -0.2) is 4.79 Å². The second kappa shape index (κ2) is 6.37. The van der Waals surface area contributed by atoms with Gasteiger partial charge in [0.15, 0.2) is 0 Å². The summed E-state index contributed by atoms with van der Waals surface area (Å²) in [5, 5.41) is 18.5. The highest BCUT2D eigenvalue weighted by Crippen LogP contribution is 2.20. The molecule has 1 heterocycles. The van der Waals surface area contributed by atoms with E-state index >= 15 is 0 Å². The van der Waals surface area contributed by atoms with Crippen LogP contribution in [0.15, 0.2) is 36.7 Å². The number of carboxylic acid groups (broad SMARTS) is 1. The molecule has 21 heavy (non-hydrogen) atoms. The molecule has 0 aliphatic heterocycles. The molecule has 2 N–H and O–H groups in total. The van der Waals surface area contributed by atoms with Crippen molar-refractivity contribution in [2.75, 3.05) is 7.05 Å². The molecule has 0 atom stereocenters. The molecule has 1 aromatic heterocycles. The monoisotopic (exact) mass is 286 g/mol. The maximum atomic E-state index is 11.0. The Labute approximate surface area is 123 Å². The van der Waals surface area contributed by atoms with Gasteiger partial charge in [0.25, 0.3) is 0 Å². The molecule has 1 aromatic carbocycles. The van der Waals surface area contributed by atoms with Crippen molar-refractivity contribution in [3.8, 4) is 5.75 Å². The second-order valence-corrected chi connectivity index (χ2v) is 5.13. The number of pyridine rings is 1. The van der Waals surface area contributed by atoms with Crippen molar-refractivity contribution in [1.29, 1.82) is 0 Å². The van der Waals surface area contributed by atoms with Crippen molar-refractivity contribution in [3.63, 3.8) is 0 Å². The minimum Gasteiger partial charge on any atom is -0.507 e. The molecule has 2 rings (SSSR count). The number of hydrogen-bond acceptors (Lipinski definition) is 4. The van der Waals surface area contributed by atoms with Crippen molar-refractivity contribution >= 4 is 5.97 Å². The van der Waals surface area contributed by atoms with E-state index in [-0.39, 0.29) is 11.3 Å². The minimum absolute atomic E-state index is 0.0685. The van der Waals surface area contributed by atoms with E-state index in [1.54, 1.807) is 12.3 Å². The lowest BCUT2D eigenvalue weighted by Crippen LogP contribution is -2.18. The molecule has 2 aromatic rings. The predicted octanol–water partition coefficient (Wildman–Crippen LogP) is 2.43. The van der Waals surface area contributed by atoms with E-state index in [0.717, 1.165) is 17.7 Å². The fraction of sp³-hybridized carbons (Fsp3) is 0.250. The van der Waals surface area contributed by atoms with Gasteiger partial charge in [-0.05, 0) is 48.9 Å². The Bertz CT molecular complexity index is 656. The van der Waals surface area contributed by atoms with Gasteiger partial charge in [0.05, 0.1) is 0 Å². The summed E-state index contributed by atoms with van der Waals surface area (Å²) in [6, 6.07) is 6.64. The standard InChI is InChI=1S/C16H18N2O3/c1-11-8-17-6-5-13(11)10-18(2)9-12-3-4-15(19)14(7-12)16(20)21/h3-8,19H,9-10H2,1-2H3,(H,20,21). The fourth-order valence-corrected chi connectivity index (χ4v) is 2.19. The maximum Gasteiger partial charge on any atom is 0.339 e. The summed E-state index contributed by atoms with van der Waals surface area (Å²) in [6.45, 7) is 3.36. The summed E-state index contributed by atoms with van der Waals surface area (Å²) in [7, 11) is 1.97. The predicted molar refractivity (Wildman–Crippen MR) is 79.2 cm³/mol. The molecule has 110 valence electrons. The summed E-state index contributed by atoms with van der Waals surface area (Å²) in [5.41, 5.74) is 3.09. The minimum atomic E-state index is -1.12.